The topological polar surface area (TPSA) is 81.2 Å². The van der Waals surface area contributed by atoms with Crippen molar-refractivity contribution in [2.24, 2.45) is 0 Å². The molecule has 0 spiro atoms. The highest BCUT2D eigenvalue weighted by Gasteiger charge is 2.12. The molecule has 1 heterocycles. The molecule has 24 heavy (non-hydrogen) atoms. The van der Waals surface area contributed by atoms with Crippen molar-refractivity contribution in [1.82, 2.24) is 9.55 Å². The van der Waals surface area contributed by atoms with Crippen LogP contribution in [0.15, 0.2) is 39.4 Å². The first-order valence-corrected chi connectivity index (χ1v) is 8.13. The second-order valence-corrected chi connectivity index (χ2v) is 6.00. The smallest absolute Gasteiger partial charge is 0.337 e. The lowest BCUT2D eigenvalue weighted by Gasteiger charge is -2.13. The first kappa shape index (κ1) is 16.2. The van der Waals surface area contributed by atoms with Gasteiger partial charge in [0, 0.05) is 6.54 Å². The van der Waals surface area contributed by atoms with E-state index in [1.807, 2.05) is 0 Å². The van der Waals surface area contributed by atoms with Crippen molar-refractivity contribution < 1.29 is 9.53 Å². The molecule has 0 atom stereocenters. The maximum Gasteiger partial charge on any atom is 0.337 e. The van der Waals surface area contributed by atoms with Crippen molar-refractivity contribution in [3.63, 3.8) is 0 Å². The fraction of sp³-hybridized carbons (Fsp3) is 0.389. The number of hydrogen-bond donors (Lipinski definition) is 1. The van der Waals surface area contributed by atoms with Gasteiger partial charge in [-0.1, -0.05) is 11.6 Å². The Kier molecular flexibility index (Phi) is 4.64. The molecule has 0 saturated heterocycles. The van der Waals surface area contributed by atoms with Gasteiger partial charge in [0.25, 0.3) is 5.56 Å². The van der Waals surface area contributed by atoms with Gasteiger partial charge in [0.15, 0.2) is 0 Å². The minimum absolute atomic E-state index is 0.296. The standard InChI is InChI=1S/C18H20N2O4/c1-24-17(22)13-7-8-14-15(11-13)19-18(23)20(16(14)21)10-9-12-5-3-2-4-6-12/h5,7-8,11H,2-4,6,9-10H2,1H3,(H,19,23). The molecule has 126 valence electrons. The number of H-pyrrole nitrogens is 1. The van der Waals surface area contributed by atoms with Gasteiger partial charge in [-0.15, -0.1) is 0 Å². The number of benzene rings is 1. The third-order valence-corrected chi connectivity index (χ3v) is 4.44. The van der Waals surface area contributed by atoms with Crippen LogP contribution in [0.1, 0.15) is 42.5 Å². The van der Waals surface area contributed by atoms with Gasteiger partial charge in [-0.25, -0.2) is 9.59 Å². The fourth-order valence-electron chi connectivity index (χ4n) is 3.09. The number of hydrogen-bond acceptors (Lipinski definition) is 4. The summed E-state index contributed by atoms with van der Waals surface area (Å²) < 4.78 is 5.89. The Bertz CT molecular complexity index is 921. The average molecular weight is 328 g/mol. The zero-order valence-corrected chi connectivity index (χ0v) is 13.6. The van der Waals surface area contributed by atoms with Crippen LogP contribution in [0.25, 0.3) is 10.9 Å². The average Bonchev–Trinajstić information content (AvgIpc) is 2.61. The molecule has 0 amide bonds. The van der Waals surface area contributed by atoms with Crippen LogP contribution >= 0.6 is 0 Å². The summed E-state index contributed by atoms with van der Waals surface area (Å²) in [7, 11) is 1.28. The number of methoxy groups -OCH3 is 1. The summed E-state index contributed by atoms with van der Waals surface area (Å²) in [5.41, 5.74) is 1.17. The zero-order valence-electron chi connectivity index (χ0n) is 13.6. The number of nitrogens with zero attached hydrogens (tertiary/aromatic N) is 1. The molecule has 6 heteroatoms. The van der Waals surface area contributed by atoms with Gasteiger partial charge >= 0.3 is 11.7 Å². The predicted octanol–water partition coefficient (Wildman–Crippen LogP) is 2.37. The number of rotatable bonds is 4. The molecule has 0 saturated carbocycles. The number of allylic oxidation sites excluding steroid dienone is 2. The molecule has 1 aromatic carbocycles. The van der Waals surface area contributed by atoms with E-state index >= 15 is 0 Å². The Balaban J connectivity index is 1.95. The van der Waals surface area contributed by atoms with E-state index in [1.54, 1.807) is 6.07 Å². The maximum absolute atomic E-state index is 12.6. The summed E-state index contributed by atoms with van der Waals surface area (Å²) in [4.78, 5) is 39.1. The van der Waals surface area contributed by atoms with Crippen LogP contribution in [0.3, 0.4) is 0 Å². The van der Waals surface area contributed by atoms with E-state index in [1.165, 1.54) is 42.2 Å². The molecule has 0 bridgehead atoms. The Labute approximate surface area is 138 Å². The summed E-state index contributed by atoms with van der Waals surface area (Å²) in [6, 6.07) is 4.55. The zero-order chi connectivity index (χ0) is 17.1. The second-order valence-electron chi connectivity index (χ2n) is 6.00. The largest absolute Gasteiger partial charge is 0.465 e. The summed E-state index contributed by atoms with van der Waals surface area (Å²) in [6.07, 6.45) is 7.44. The predicted molar refractivity (Wildman–Crippen MR) is 91.3 cm³/mol. The minimum atomic E-state index is -0.508. The van der Waals surface area contributed by atoms with Crippen molar-refractivity contribution in [3.8, 4) is 0 Å². The summed E-state index contributed by atoms with van der Waals surface area (Å²) in [6.45, 7) is 0.370. The molecule has 0 unspecified atom stereocenters. The van der Waals surface area contributed by atoms with Crippen LogP contribution in [-0.2, 0) is 11.3 Å². The molecule has 0 aliphatic heterocycles. The molecule has 0 fully saturated rings. The fourth-order valence-corrected chi connectivity index (χ4v) is 3.09. The molecule has 1 aromatic heterocycles. The second kappa shape index (κ2) is 6.86. The molecule has 1 aliphatic carbocycles. The number of esters is 1. The number of ether oxygens (including phenoxy) is 1. The van der Waals surface area contributed by atoms with Crippen LogP contribution in [-0.4, -0.2) is 22.6 Å². The van der Waals surface area contributed by atoms with Gasteiger partial charge in [-0.2, -0.15) is 0 Å². The molecular formula is C18H20N2O4. The summed E-state index contributed by atoms with van der Waals surface area (Å²) in [5, 5.41) is 0.389. The molecule has 3 rings (SSSR count). The first-order chi connectivity index (χ1) is 11.6. The Morgan fingerprint density at radius 1 is 1.29 bits per heavy atom. The highest BCUT2D eigenvalue weighted by Crippen LogP contribution is 2.20. The van der Waals surface area contributed by atoms with E-state index in [0.717, 1.165) is 19.3 Å². The van der Waals surface area contributed by atoms with Crippen LogP contribution < -0.4 is 11.2 Å². The van der Waals surface area contributed by atoms with E-state index in [9.17, 15) is 14.4 Å². The maximum atomic E-state index is 12.6. The SMILES string of the molecule is COC(=O)c1ccc2c(=O)n(CCC3=CCCCC3)c(=O)[nH]c2c1. The third kappa shape index (κ3) is 3.18. The van der Waals surface area contributed by atoms with Crippen molar-refractivity contribution in [1.29, 1.82) is 0 Å². The Morgan fingerprint density at radius 3 is 2.83 bits per heavy atom. The minimum Gasteiger partial charge on any atom is -0.465 e. The Morgan fingerprint density at radius 2 is 2.12 bits per heavy atom. The number of fused-ring (bicyclic) bond motifs is 1. The molecule has 0 radical (unpaired) electrons. The van der Waals surface area contributed by atoms with Crippen molar-refractivity contribution >= 4 is 16.9 Å². The first-order valence-electron chi connectivity index (χ1n) is 8.13. The van der Waals surface area contributed by atoms with E-state index in [0.29, 0.717) is 23.0 Å². The highest BCUT2D eigenvalue weighted by molar-refractivity contribution is 5.93. The molecule has 1 aliphatic rings. The van der Waals surface area contributed by atoms with Gasteiger partial charge in [-0.3, -0.25) is 9.36 Å². The van der Waals surface area contributed by atoms with Gasteiger partial charge in [-0.05, 0) is 50.3 Å². The number of nitrogens with one attached hydrogen (secondary N) is 1. The lowest BCUT2D eigenvalue weighted by Crippen LogP contribution is -2.35. The summed E-state index contributed by atoms with van der Waals surface area (Å²) in [5.74, 6) is -0.508. The van der Waals surface area contributed by atoms with Gasteiger partial charge < -0.3 is 9.72 Å². The number of carbonyl (C=O) groups excluding carboxylic acids is 1. The number of aromatic nitrogens is 2. The van der Waals surface area contributed by atoms with E-state index in [-0.39, 0.29) is 5.56 Å². The number of carbonyl (C=O) groups is 1. The van der Waals surface area contributed by atoms with Crippen LogP contribution in [0.4, 0.5) is 0 Å². The number of aromatic amines is 1. The van der Waals surface area contributed by atoms with Crippen molar-refractivity contribution in [2.45, 2.75) is 38.6 Å². The van der Waals surface area contributed by atoms with Crippen LogP contribution in [0.2, 0.25) is 0 Å². The molecule has 2 aromatic rings. The normalized spacial score (nSPS) is 14.5. The van der Waals surface area contributed by atoms with E-state index in [4.69, 9.17) is 0 Å². The van der Waals surface area contributed by atoms with E-state index < -0.39 is 11.7 Å². The quantitative estimate of drug-likeness (QED) is 0.690. The Hall–Kier alpha value is -2.63. The van der Waals surface area contributed by atoms with E-state index in [2.05, 4.69) is 15.8 Å². The van der Waals surface area contributed by atoms with Crippen LogP contribution in [0.5, 0.6) is 0 Å². The molecule has 1 N–H and O–H groups in total. The summed E-state index contributed by atoms with van der Waals surface area (Å²) >= 11 is 0. The van der Waals surface area contributed by atoms with Crippen LogP contribution in [0, 0.1) is 0 Å². The molecule has 6 nitrogen and oxygen atoms in total. The third-order valence-electron chi connectivity index (χ3n) is 4.44. The highest BCUT2D eigenvalue weighted by atomic mass is 16.5. The lowest BCUT2D eigenvalue weighted by molar-refractivity contribution is 0.0601. The van der Waals surface area contributed by atoms with Crippen molar-refractivity contribution in [2.75, 3.05) is 7.11 Å². The van der Waals surface area contributed by atoms with Gasteiger partial charge in [0.05, 0.1) is 23.6 Å². The monoisotopic (exact) mass is 328 g/mol. The van der Waals surface area contributed by atoms with Crippen molar-refractivity contribution in [3.05, 3.63) is 56.2 Å². The lowest BCUT2D eigenvalue weighted by atomic mass is 9.97. The van der Waals surface area contributed by atoms with Gasteiger partial charge in [0.2, 0.25) is 0 Å². The molecular weight excluding hydrogens is 308 g/mol. The van der Waals surface area contributed by atoms with Gasteiger partial charge in [0.1, 0.15) is 0 Å².